The molecule has 0 unspecified atom stereocenters. The van der Waals surface area contributed by atoms with Gasteiger partial charge in [-0.2, -0.15) is 0 Å². The average molecular weight is 372 g/mol. The molecule has 9 heteroatoms. The monoisotopic (exact) mass is 372 g/mol. The van der Waals surface area contributed by atoms with E-state index >= 15 is 0 Å². The van der Waals surface area contributed by atoms with Gasteiger partial charge in [0.15, 0.2) is 0 Å². The minimum Gasteiger partial charge on any atom is -0.462 e. The van der Waals surface area contributed by atoms with Crippen LogP contribution in [0, 0.1) is 28.9 Å². The lowest BCUT2D eigenvalue weighted by atomic mass is 9.77. The molecule has 27 heavy (non-hydrogen) atoms. The number of nitro groups is 1. The van der Waals surface area contributed by atoms with Gasteiger partial charge in [-0.3, -0.25) is 24.5 Å². The van der Waals surface area contributed by atoms with Crippen LogP contribution in [0.15, 0.2) is 30.4 Å². The smallest absolute Gasteiger partial charge is 0.302 e. The van der Waals surface area contributed by atoms with Gasteiger partial charge in [0.05, 0.1) is 28.6 Å². The van der Waals surface area contributed by atoms with Gasteiger partial charge in [0.1, 0.15) is 12.2 Å². The zero-order valence-corrected chi connectivity index (χ0v) is 14.6. The number of carbonyl (C=O) groups is 3. The number of aryl methyl sites for hydroxylation is 1. The zero-order chi connectivity index (χ0) is 19.5. The van der Waals surface area contributed by atoms with Crippen LogP contribution in [-0.4, -0.2) is 41.0 Å². The quantitative estimate of drug-likeness (QED) is 0.257. The highest BCUT2D eigenvalue weighted by Crippen LogP contribution is 2.53. The largest absolute Gasteiger partial charge is 0.462 e. The summed E-state index contributed by atoms with van der Waals surface area (Å²) in [6, 6.07) is 4.04. The molecule has 0 aliphatic carbocycles. The Labute approximate surface area is 153 Å². The molecule has 0 spiro atoms. The van der Waals surface area contributed by atoms with Gasteiger partial charge in [0.25, 0.3) is 5.69 Å². The van der Waals surface area contributed by atoms with Crippen molar-refractivity contribution >= 4 is 29.2 Å². The van der Waals surface area contributed by atoms with Crippen LogP contribution in [0.2, 0.25) is 0 Å². The van der Waals surface area contributed by atoms with Crippen molar-refractivity contribution in [1.29, 1.82) is 0 Å². The van der Waals surface area contributed by atoms with Crippen LogP contribution >= 0.6 is 0 Å². The van der Waals surface area contributed by atoms with Gasteiger partial charge in [0.2, 0.25) is 11.8 Å². The summed E-state index contributed by atoms with van der Waals surface area (Å²) in [5.74, 6) is -3.06. The van der Waals surface area contributed by atoms with Crippen LogP contribution < -0.4 is 4.90 Å². The maximum atomic E-state index is 13.2. The van der Waals surface area contributed by atoms with E-state index in [9.17, 15) is 24.5 Å². The van der Waals surface area contributed by atoms with Gasteiger partial charge >= 0.3 is 5.97 Å². The van der Waals surface area contributed by atoms with Gasteiger partial charge < -0.3 is 9.47 Å². The number of carbonyl (C=O) groups excluding carboxylic acids is 3. The maximum absolute atomic E-state index is 13.2. The Morgan fingerprint density at radius 1 is 1.37 bits per heavy atom. The van der Waals surface area contributed by atoms with Crippen molar-refractivity contribution in [3.63, 3.8) is 0 Å². The van der Waals surface area contributed by atoms with Gasteiger partial charge in [-0.15, -0.1) is 0 Å². The molecule has 3 aliphatic rings. The molecule has 140 valence electrons. The van der Waals surface area contributed by atoms with E-state index in [4.69, 9.17) is 9.47 Å². The molecule has 3 aliphatic heterocycles. The Kier molecular flexibility index (Phi) is 3.67. The van der Waals surface area contributed by atoms with E-state index < -0.39 is 46.2 Å². The molecule has 9 nitrogen and oxygen atoms in total. The average Bonchev–Trinajstić information content (AvgIpc) is 3.25. The SMILES string of the molecule is CC(=O)OC[C@@]12C=C[C@@H](O1)[C@H]1C(=O)N(c3cc([N+](=O)[O-])ccc3C)C(=O)[C@H]12. The molecule has 2 amide bonds. The predicted octanol–water partition coefficient (Wildman–Crippen LogP) is 1.28. The minimum atomic E-state index is -1.18. The van der Waals surface area contributed by atoms with E-state index in [2.05, 4.69) is 0 Å². The summed E-state index contributed by atoms with van der Waals surface area (Å²) in [7, 11) is 0. The summed E-state index contributed by atoms with van der Waals surface area (Å²) in [5, 5.41) is 11.1. The molecular formula is C18H16N2O7. The summed E-state index contributed by atoms with van der Waals surface area (Å²) in [6.45, 7) is 2.75. The normalized spacial score (nSPS) is 30.7. The number of imide groups is 1. The fourth-order valence-corrected chi connectivity index (χ4v) is 4.07. The topological polar surface area (TPSA) is 116 Å². The number of nitrogens with zero attached hydrogens (tertiary/aromatic N) is 2. The molecule has 1 aromatic carbocycles. The van der Waals surface area contributed by atoms with Crippen molar-refractivity contribution < 1.29 is 28.8 Å². The number of benzene rings is 1. The molecule has 0 radical (unpaired) electrons. The van der Waals surface area contributed by atoms with Crippen LogP contribution in [0.25, 0.3) is 0 Å². The first kappa shape index (κ1) is 17.3. The number of ether oxygens (including phenoxy) is 2. The minimum absolute atomic E-state index is 0.169. The fraction of sp³-hybridized carbons (Fsp3) is 0.389. The lowest BCUT2D eigenvalue weighted by molar-refractivity contribution is -0.384. The standard InChI is InChI=1S/C18H16N2O7/c1-9-3-4-11(20(24)25)7-12(9)19-16(22)14-13-5-6-18(27-13,8-26-10(2)21)15(14)17(19)23/h3-7,13-15H,8H2,1-2H3/t13-,14-,15+,18-/m1/s1. The lowest BCUT2D eigenvalue weighted by Gasteiger charge is -2.28. The molecule has 2 bridgehead atoms. The third kappa shape index (κ3) is 2.38. The van der Waals surface area contributed by atoms with E-state index in [0.717, 1.165) is 4.90 Å². The first-order valence-corrected chi connectivity index (χ1v) is 8.38. The molecule has 0 saturated carbocycles. The van der Waals surface area contributed by atoms with Crippen LogP contribution in [-0.2, 0) is 23.9 Å². The van der Waals surface area contributed by atoms with Crippen molar-refractivity contribution in [3.8, 4) is 0 Å². The molecule has 2 saturated heterocycles. The Balaban J connectivity index is 1.73. The van der Waals surface area contributed by atoms with E-state index in [1.165, 1.54) is 25.1 Å². The highest BCUT2D eigenvalue weighted by molar-refractivity contribution is 6.23. The van der Waals surface area contributed by atoms with Crippen molar-refractivity contribution in [1.82, 2.24) is 0 Å². The number of fused-ring (bicyclic) bond motifs is 5. The number of hydrogen-bond donors (Lipinski definition) is 0. The van der Waals surface area contributed by atoms with E-state index in [0.29, 0.717) is 5.56 Å². The molecule has 0 N–H and O–H groups in total. The van der Waals surface area contributed by atoms with Gasteiger partial charge in [-0.25, -0.2) is 4.90 Å². The highest BCUT2D eigenvalue weighted by atomic mass is 16.6. The predicted molar refractivity (Wildman–Crippen MR) is 90.7 cm³/mol. The molecule has 1 aromatic rings. The van der Waals surface area contributed by atoms with Gasteiger partial charge in [-0.05, 0) is 18.6 Å². The number of hydrogen-bond acceptors (Lipinski definition) is 7. The van der Waals surface area contributed by atoms with E-state index in [1.807, 2.05) is 0 Å². The van der Waals surface area contributed by atoms with Gasteiger partial charge in [-0.1, -0.05) is 12.1 Å². The third-order valence-corrected chi connectivity index (χ3v) is 5.30. The summed E-state index contributed by atoms with van der Waals surface area (Å²) in [6.07, 6.45) is 2.77. The maximum Gasteiger partial charge on any atom is 0.302 e. The number of nitro benzene ring substituents is 1. The summed E-state index contributed by atoms with van der Waals surface area (Å²) >= 11 is 0. The Bertz CT molecular complexity index is 924. The number of non-ortho nitro benzene ring substituents is 1. The second-order valence-electron chi connectivity index (χ2n) is 6.92. The summed E-state index contributed by atoms with van der Waals surface area (Å²) in [5.41, 5.74) is -0.634. The van der Waals surface area contributed by atoms with Crippen LogP contribution in [0.3, 0.4) is 0 Å². The Morgan fingerprint density at radius 2 is 2.11 bits per heavy atom. The second kappa shape index (κ2) is 5.71. The first-order valence-electron chi connectivity index (χ1n) is 8.38. The van der Waals surface area contributed by atoms with Crippen LogP contribution in [0.1, 0.15) is 12.5 Å². The summed E-state index contributed by atoms with van der Waals surface area (Å²) < 4.78 is 10.9. The number of rotatable bonds is 4. The van der Waals surface area contributed by atoms with Crippen molar-refractivity contribution in [2.45, 2.75) is 25.6 Å². The van der Waals surface area contributed by atoms with Crippen LogP contribution in [0.5, 0.6) is 0 Å². The lowest BCUT2D eigenvalue weighted by Crippen LogP contribution is -2.44. The number of amides is 2. The number of anilines is 1. The zero-order valence-electron chi connectivity index (χ0n) is 14.6. The fourth-order valence-electron chi connectivity index (χ4n) is 4.07. The molecule has 2 fully saturated rings. The molecule has 4 rings (SSSR count). The molecule has 0 aromatic heterocycles. The van der Waals surface area contributed by atoms with E-state index in [1.54, 1.807) is 19.1 Å². The van der Waals surface area contributed by atoms with Gasteiger partial charge in [0, 0.05) is 19.1 Å². The third-order valence-electron chi connectivity index (χ3n) is 5.30. The molecule has 3 heterocycles. The molecule has 4 atom stereocenters. The van der Waals surface area contributed by atoms with Crippen molar-refractivity contribution in [3.05, 3.63) is 46.0 Å². The Hall–Kier alpha value is -3.07. The van der Waals surface area contributed by atoms with E-state index in [-0.39, 0.29) is 18.0 Å². The first-order chi connectivity index (χ1) is 12.7. The number of esters is 1. The van der Waals surface area contributed by atoms with Crippen molar-refractivity contribution in [2.75, 3.05) is 11.5 Å². The highest BCUT2D eigenvalue weighted by Gasteiger charge is 2.68. The Morgan fingerprint density at radius 3 is 2.78 bits per heavy atom. The summed E-state index contributed by atoms with van der Waals surface area (Å²) in [4.78, 5) is 48.9. The molecular weight excluding hydrogens is 356 g/mol. The van der Waals surface area contributed by atoms with Crippen molar-refractivity contribution in [2.24, 2.45) is 11.8 Å². The second-order valence-corrected chi connectivity index (χ2v) is 6.92. The van der Waals surface area contributed by atoms with Crippen LogP contribution in [0.4, 0.5) is 11.4 Å².